The minimum absolute atomic E-state index is 0.235. The number of methoxy groups -OCH3 is 1. The van der Waals surface area contributed by atoms with Crippen LogP contribution in [0.25, 0.3) is 0 Å². The predicted octanol–water partition coefficient (Wildman–Crippen LogP) is 3.16. The first kappa shape index (κ1) is 12.9. The molecule has 0 aliphatic carbocycles. The topological polar surface area (TPSA) is 29.5 Å². The maximum absolute atomic E-state index is 12.1. The number of hydrogen-bond acceptors (Lipinski definition) is 2. The Hall–Kier alpha value is -1.51. The Kier molecular flexibility index (Phi) is 4.24. The van der Waals surface area contributed by atoms with Gasteiger partial charge in [0.1, 0.15) is 5.75 Å². The van der Waals surface area contributed by atoms with E-state index in [0.717, 1.165) is 31.6 Å². The van der Waals surface area contributed by atoms with Gasteiger partial charge in [0, 0.05) is 13.0 Å². The Labute approximate surface area is 109 Å². The van der Waals surface area contributed by atoms with E-state index in [1.807, 2.05) is 23.1 Å². The first-order valence-electron chi connectivity index (χ1n) is 6.69. The van der Waals surface area contributed by atoms with Crippen molar-refractivity contribution in [3.63, 3.8) is 0 Å². The molecule has 0 saturated carbocycles. The van der Waals surface area contributed by atoms with Crippen molar-refractivity contribution in [2.75, 3.05) is 13.7 Å². The van der Waals surface area contributed by atoms with Gasteiger partial charge >= 0.3 is 0 Å². The van der Waals surface area contributed by atoms with Gasteiger partial charge in [0.2, 0.25) is 5.91 Å². The Bertz CT molecular complexity index is 417. The Morgan fingerprint density at radius 3 is 3.06 bits per heavy atom. The summed E-state index contributed by atoms with van der Waals surface area (Å²) in [4.78, 5) is 14.1. The van der Waals surface area contributed by atoms with E-state index >= 15 is 0 Å². The molecular weight excluding hydrogens is 226 g/mol. The molecule has 1 heterocycles. The predicted molar refractivity (Wildman–Crippen MR) is 71.6 cm³/mol. The van der Waals surface area contributed by atoms with E-state index in [9.17, 15) is 4.79 Å². The number of benzene rings is 1. The van der Waals surface area contributed by atoms with Crippen molar-refractivity contribution in [1.82, 2.24) is 4.90 Å². The number of nitrogens with zero attached hydrogens (tertiary/aromatic N) is 1. The average Bonchev–Trinajstić information content (AvgIpc) is 2.88. The summed E-state index contributed by atoms with van der Waals surface area (Å²) in [6, 6.07) is 8.30. The van der Waals surface area contributed by atoms with Crippen LogP contribution in [-0.2, 0) is 4.79 Å². The van der Waals surface area contributed by atoms with Gasteiger partial charge in [-0.15, -0.1) is 0 Å². The van der Waals surface area contributed by atoms with Crippen LogP contribution in [0.5, 0.6) is 5.75 Å². The Balaban J connectivity index is 2.17. The highest BCUT2D eigenvalue weighted by Gasteiger charge is 2.29. The molecule has 3 heteroatoms. The molecule has 1 atom stereocenters. The van der Waals surface area contributed by atoms with Gasteiger partial charge in [-0.25, -0.2) is 0 Å². The van der Waals surface area contributed by atoms with E-state index in [2.05, 4.69) is 13.0 Å². The second-order valence-corrected chi connectivity index (χ2v) is 4.77. The molecule has 98 valence electrons. The van der Waals surface area contributed by atoms with Gasteiger partial charge in [0.25, 0.3) is 0 Å². The van der Waals surface area contributed by atoms with Gasteiger partial charge in [0.05, 0.1) is 13.2 Å². The molecule has 1 aliphatic rings. The second-order valence-electron chi connectivity index (χ2n) is 4.77. The van der Waals surface area contributed by atoms with Crippen LogP contribution in [0.15, 0.2) is 24.3 Å². The van der Waals surface area contributed by atoms with Gasteiger partial charge in [-0.05, 0) is 37.0 Å². The molecule has 0 bridgehead atoms. The molecule has 1 saturated heterocycles. The molecule has 0 radical (unpaired) electrons. The van der Waals surface area contributed by atoms with Crippen molar-refractivity contribution < 1.29 is 9.53 Å². The molecule has 18 heavy (non-hydrogen) atoms. The molecule has 0 unspecified atom stereocenters. The van der Waals surface area contributed by atoms with Crippen LogP contribution in [0, 0.1) is 0 Å². The highest BCUT2D eigenvalue weighted by atomic mass is 16.5. The third kappa shape index (κ3) is 2.66. The summed E-state index contributed by atoms with van der Waals surface area (Å²) in [6.45, 7) is 2.94. The quantitative estimate of drug-likeness (QED) is 0.818. The number of carbonyl (C=O) groups is 1. The van der Waals surface area contributed by atoms with Crippen molar-refractivity contribution in [1.29, 1.82) is 0 Å². The number of hydrogen-bond donors (Lipinski definition) is 0. The van der Waals surface area contributed by atoms with Crippen LogP contribution >= 0.6 is 0 Å². The molecule has 1 aromatic rings. The zero-order valence-electron chi connectivity index (χ0n) is 11.2. The fourth-order valence-corrected chi connectivity index (χ4v) is 2.62. The van der Waals surface area contributed by atoms with E-state index in [0.29, 0.717) is 6.42 Å². The SMILES string of the molecule is CCCC(=O)N1CCC[C@H]1c1cccc(OC)c1. The summed E-state index contributed by atoms with van der Waals surface area (Å²) in [5.41, 5.74) is 1.19. The van der Waals surface area contributed by atoms with Crippen LogP contribution in [0.4, 0.5) is 0 Å². The Morgan fingerprint density at radius 1 is 1.50 bits per heavy atom. The average molecular weight is 247 g/mol. The van der Waals surface area contributed by atoms with Crippen molar-refractivity contribution in [3.8, 4) is 5.75 Å². The fourth-order valence-electron chi connectivity index (χ4n) is 2.62. The minimum atomic E-state index is 0.235. The highest BCUT2D eigenvalue weighted by molar-refractivity contribution is 5.77. The summed E-state index contributed by atoms with van der Waals surface area (Å²) in [6.07, 6.45) is 3.72. The molecule has 1 amide bonds. The normalized spacial score (nSPS) is 19.0. The molecule has 1 aliphatic heterocycles. The minimum Gasteiger partial charge on any atom is -0.497 e. The molecule has 3 nitrogen and oxygen atoms in total. The number of rotatable bonds is 4. The number of amides is 1. The monoisotopic (exact) mass is 247 g/mol. The molecule has 0 spiro atoms. The van der Waals surface area contributed by atoms with Gasteiger partial charge in [-0.2, -0.15) is 0 Å². The van der Waals surface area contributed by atoms with Crippen LogP contribution < -0.4 is 4.74 Å². The largest absolute Gasteiger partial charge is 0.497 e. The van der Waals surface area contributed by atoms with Gasteiger partial charge in [0.15, 0.2) is 0 Å². The van der Waals surface area contributed by atoms with E-state index < -0.39 is 0 Å². The lowest BCUT2D eigenvalue weighted by Crippen LogP contribution is -2.30. The van der Waals surface area contributed by atoms with Gasteiger partial charge < -0.3 is 9.64 Å². The lowest BCUT2D eigenvalue weighted by molar-refractivity contribution is -0.132. The summed E-state index contributed by atoms with van der Waals surface area (Å²) in [5, 5.41) is 0. The second kappa shape index (κ2) is 5.89. The Morgan fingerprint density at radius 2 is 2.33 bits per heavy atom. The lowest BCUT2D eigenvalue weighted by Gasteiger charge is -2.25. The van der Waals surface area contributed by atoms with Crippen LogP contribution in [0.3, 0.4) is 0 Å². The summed E-state index contributed by atoms with van der Waals surface area (Å²) in [5.74, 6) is 1.14. The zero-order chi connectivity index (χ0) is 13.0. The van der Waals surface area contributed by atoms with Gasteiger partial charge in [-0.1, -0.05) is 19.1 Å². The van der Waals surface area contributed by atoms with E-state index in [1.165, 1.54) is 5.56 Å². The van der Waals surface area contributed by atoms with E-state index in [-0.39, 0.29) is 11.9 Å². The van der Waals surface area contributed by atoms with E-state index in [4.69, 9.17) is 4.74 Å². The molecular formula is C15H21NO2. The maximum atomic E-state index is 12.1. The standard InChI is InChI=1S/C15H21NO2/c1-3-6-15(17)16-10-5-9-14(16)12-7-4-8-13(11-12)18-2/h4,7-8,11,14H,3,5-6,9-10H2,1-2H3/t14-/m0/s1. The van der Waals surface area contributed by atoms with Crippen molar-refractivity contribution in [2.45, 2.75) is 38.6 Å². The highest BCUT2D eigenvalue weighted by Crippen LogP contribution is 2.33. The maximum Gasteiger partial charge on any atom is 0.223 e. The third-order valence-electron chi connectivity index (χ3n) is 3.52. The van der Waals surface area contributed by atoms with Crippen LogP contribution in [-0.4, -0.2) is 24.5 Å². The van der Waals surface area contributed by atoms with Crippen LogP contribution in [0.2, 0.25) is 0 Å². The number of carbonyl (C=O) groups excluding carboxylic acids is 1. The lowest BCUT2D eigenvalue weighted by atomic mass is 10.0. The molecule has 1 aromatic carbocycles. The summed E-state index contributed by atoms with van der Waals surface area (Å²) in [7, 11) is 1.67. The van der Waals surface area contributed by atoms with E-state index in [1.54, 1.807) is 7.11 Å². The first-order chi connectivity index (χ1) is 8.76. The molecule has 1 fully saturated rings. The summed E-state index contributed by atoms with van der Waals surface area (Å²) >= 11 is 0. The van der Waals surface area contributed by atoms with Gasteiger partial charge in [-0.3, -0.25) is 4.79 Å². The zero-order valence-corrected chi connectivity index (χ0v) is 11.2. The van der Waals surface area contributed by atoms with Crippen molar-refractivity contribution in [3.05, 3.63) is 29.8 Å². The molecule has 0 N–H and O–H groups in total. The van der Waals surface area contributed by atoms with Crippen molar-refractivity contribution in [2.24, 2.45) is 0 Å². The summed E-state index contributed by atoms with van der Waals surface area (Å²) < 4.78 is 5.25. The number of ether oxygens (including phenoxy) is 1. The molecule has 0 aromatic heterocycles. The van der Waals surface area contributed by atoms with Crippen LogP contribution in [0.1, 0.15) is 44.2 Å². The fraction of sp³-hybridized carbons (Fsp3) is 0.533. The first-order valence-corrected chi connectivity index (χ1v) is 6.69. The number of likely N-dealkylation sites (tertiary alicyclic amines) is 1. The molecule has 2 rings (SSSR count). The third-order valence-corrected chi connectivity index (χ3v) is 3.52. The van der Waals surface area contributed by atoms with Crippen molar-refractivity contribution >= 4 is 5.91 Å². The smallest absolute Gasteiger partial charge is 0.223 e.